The van der Waals surface area contributed by atoms with Gasteiger partial charge in [0.2, 0.25) is 0 Å². The van der Waals surface area contributed by atoms with Crippen molar-refractivity contribution in [3.05, 3.63) is 29.3 Å². The number of amides is 1. The van der Waals surface area contributed by atoms with Gasteiger partial charge >= 0.3 is 0 Å². The number of likely N-dealkylation sites (tertiary alicyclic amines) is 1. The Morgan fingerprint density at radius 2 is 2.05 bits per heavy atom. The van der Waals surface area contributed by atoms with Crippen molar-refractivity contribution in [3.63, 3.8) is 0 Å². The lowest BCUT2D eigenvalue weighted by molar-refractivity contribution is 0.0572. The normalized spacial score (nSPS) is 22.1. The van der Waals surface area contributed by atoms with E-state index in [2.05, 4.69) is 5.32 Å². The van der Waals surface area contributed by atoms with Crippen molar-refractivity contribution in [1.29, 1.82) is 0 Å². The monoisotopic (exact) mass is 284 g/mol. The van der Waals surface area contributed by atoms with Crippen LogP contribution in [-0.2, 0) is 0 Å². The lowest BCUT2D eigenvalue weighted by Gasteiger charge is -2.19. The van der Waals surface area contributed by atoms with Crippen LogP contribution in [0.4, 0.5) is 14.5 Å². The highest BCUT2D eigenvalue weighted by atomic mass is 19.1. The van der Waals surface area contributed by atoms with Gasteiger partial charge in [-0.25, -0.2) is 8.78 Å². The molecule has 4 nitrogen and oxygen atoms in total. The molecule has 1 fully saturated rings. The molecule has 6 heteroatoms. The Morgan fingerprint density at radius 3 is 2.50 bits per heavy atom. The highest BCUT2D eigenvalue weighted by molar-refractivity contribution is 5.95. The molecule has 0 bridgehead atoms. The lowest BCUT2D eigenvalue weighted by atomic mass is 10.1. The largest absolute Gasteiger partial charge is 0.388 e. The number of carbonyl (C=O) groups excluding carboxylic acids is 1. The van der Waals surface area contributed by atoms with Crippen molar-refractivity contribution in [2.24, 2.45) is 0 Å². The molecular formula is C14H18F2N2O2. The average Bonchev–Trinajstić information content (AvgIpc) is 2.73. The summed E-state index contributed by atoms with van der Waals surface area (Å²) in [7, 11) is 0. The number of anilines is 1. The maximum absolute atomic E-state index is 13.8. The number of carbonyl (C=O) groups is 1. The molecule has 20 heavy (non-hydrogen) atoms. The highest BCUT2D eigenvalue weighted by Crippen LogP contribution is 2.25. The third-order valence-corrected chi connectivity index (χ3v) is 3.38. The number of benzene rings is 1. The minimum atomic E-state index is -0.934. The molecule has 0 radical (unpaired) electrons. The number of hydrogen-bond donors (Lipinski definition) is 2. The summed E-state index contributed by atoms with van der Waals surface area (Å²) >= 11 is 0. The third kappa shape index (κ3) is 2.90. The third-order valence-electron chi connectivity index (χ3n) is 3.38. The summed E-state index contributed by atoms with van der Waals surface area (Å²) in [6.45, 7) is 4.30. The molecule has 1 saturated heterocycles. The Hall–Kier alpha value is -1.69. The summed E-state index contributed by atoms with van der Waals surface area (Å²) in [4.78, 5) is 13.6. The van der Waals surface area contributed by atoms with Gasteiger partial charge in [-0.1, -0.05) is 0 Å². The molecule has 1 unspecified atom stereocenters. The summed E-state index contributed by atoms with van der Waals surface area (Å²) in [5.74, 6) is -2.05. The summed E-state index contributed by atoms with van der Waals surface area (Å²) in [5, 5.41) is 12.4. The van der Waals surface area contributed by atoms with Crippen LogP contribution in [0, 0.1) is 11.6 Å². The first-order valence-corrected chi connectivity index (χ1v) is 6.58. The summed E-state index contributed by atoms with van der Waals surface area (Å²) < 4.78 is 27.5. The first-order valence-electron chi connectivity index (χ1n) is 6.58. The number of nitrogens with one attached hydrogen (secondary N) is 1. The van der Waals surface area contributed by atoms with Crippen LogP contribution in [-0.4, -0.2) is 41.1 Å². The number of rotatable bonds is 3. The predicted molar refractivity (Wildman–Crippen MR) is 71.7 cm³/mol. The first kappa shape index (κ1) is 14.7. The van der Waals surface area contributed by atoms with Gasteiger partial charge in [-0.15, -0.1) is 0 Å². The Labute approximate surface area is 116 Å². The number of hydrogen-bond acceptors (Lipinski definition) is 3. The molecule has 1 aromatic carbocycles. The number of halogens is 2. The molecular weight excluding hydrogens is 266 g/mol. The van der Waals surface area contributed by atoms with Crippen LogP contribution < -0.4 is 5.32 Å². The molecule has 0 spiro atoms. The van der Waals surface area contributed by atoms with Crippen LogP contribution in [0.25, 0.3) is 0 Å². The van der Waals surface area contributed by atoms with E-state index in [1.807, 2.05) is 0 Å². The number of β-amino-alcohol motifs (C(OH)–C–C–N with tert-alkyl or cyclic N) is 1. The Morgan fingerprint density at radius 1 is 1.45 bits per heavy atom. The Bertz CT molecular complexity index is 509. The molecule has 2 rings (SSSR count). The van der Waals surface area contributed by atoms with E-state index in [1.54, 1.807) is 13.8 Å². The zero-order valence-corrected chi connectivity index (χ0v) is 11.5. The average molecular weight is 284 g/mol. The zero-order valence-electron chi connectivity index (χ0n) is 11.5. The lowest BCUT2D eigenvalue weighted by Crippen LogP contribution is -2.34. The van der Waals surface area contributed by atoms with Crippen molar-refractivity contribution in [3.8, 4) is 0 Å². The van der Waals surface area contributed by atoms with Crippen molar-refractivity contribution in [2.75, 3.05) is 25.0 Å². The van der Waals surface area contributed by atoms with Gasteiger partial charge in [0.05, 0.1) is 5.60 Å². The van der Waals surface area contributed by atoms with Crippen LogP contribution in [0.15, 0.2) is 12.1 Å². The molecule has 1 aliphatic rings. The van der Waals surface area contributed by atoms with E-state index in [0.717, 1.165) is 12.1 Å². The molecule has 1 aliphatic heterocycles. The number of aliphatic hydroxyl groups is 1. The smallest absolute Gasteiger partial charge is 0.254 e. The summed E-state index contributed by atoms with van der Waals surface area (Å²) in [6, 6.07) is 2.05. The minimum absolute atomic E-state index is 0.0423. The molecule has 0 saturated carbocycles. The molecule has 0 aromatic heterocycles. The van der Waals surface area contributed by atoms with Gasteiger partial charge in [-0.2, -0.15) is 0 Å². The molecule has 1 heterocycles. The van der Waals surface area contributed by atoms with Gasteiger partial charge in [0.25, 0.3) is 5.91 Å². The summed E-state index contributed by atoms with van der Waals surface area (Å²) in [6.07, 6.45) is 0.458. The molecule has 110 valence electrons. The summed E-state index contributed by atoms with van der Waals surface area (Å²) in [5.41, 5.74) is -1.20. The van der Waals surface area contributed by atoms with Gasteiger partial charge in [0.1, 0.15) is 17.3 Å². The van der Waals surface area contributed by atoms with E-state index in [4.69, 9.17) is 0 Å². The topological polar surface area (TPSA) is 52.6 Å². The second-order valence-electron chi connectivity index (χ2n) is 5.32. The van der Waals surface area contributed by atoms with Crippen LogP contribution >= 0.6 is 0 Å². The van der Waals surface area contributed by atoms with E-state index in [1.165, 1.54) is 4.90 Å². The molecule has 2 N–H and O–H groups in total. The second-order valence-corrected chi connectivity index (χ2v) is 5.32. The fourth-order valence-corrected chi connectivity index (χ4v) is 2.34. The molecule has 1 amide bonds. The molecule has 1 aromatic rings. The maximum atomic E-state index is 13.8. The van der Waals surface area contributed by atoms with Gasteiger partial charge in [-0.3, -0.25) is 4.79 Å². The van der Waals surface area contributed by atoms with Crippen LogP contribution in [0.1, 0.15) is 30.6 Å². The quantitative estimate of drug-likeness (QED) is 0.892. The Kier molecular flexibility index (Phi) is 3.94. The van der Waals surface area contributed by atoms with Gasteiger partial charge in [0, 0.05) is 25.2 Å². The van der Waals surface area contributed by atoms with E-state index in [-0.39, 0.29) is 17.8 Å². The van der Waals surface area contributed by atoms with Crippen LogP contribution in [0.3, 0.4) is 0 Å². The standard InChI is InChI=1S/C14H18F2N2O2/c1-3-17-12-10(15)6-9(7-11(12)16)13(19)18-5-4-14(2,20)8-18/h6-7,17,20H,3-5,8H2,1-2H3. The van der Waals surface area contributed by atoms with Crippen molar-refractivity contribution in [2.45, 2.75) is 25.9 Å². The van der Waals surface area contributed by atoms with Crippen LogP contribution in [0.5, 0.6) is 0 Å². The predicted octanol–water partition coefficient (Wildman–Crippen LogP) is 1.99. The Balaban J connectivity index is 2.23. The fourth-order valence-electron chi connectivity index (χ4n) is 2.34. The van der Waals surface area contributed by atoms with Crippen molar-refractivity contribution in [1.82, 2.24) is 4.90 Å². The zero-order chi connectivity index (χ0) is 14.9. The van der Waals surface area contributed by atoms with Gasteiger partial charge in [-0.05, 0) is 32.4 Å². The van der Waals surface area contributed by atoms with Crippen molar-refractivity contribution >= 4 is 11.6 Å². The number of nitrogens with zero attached hydrogens (tertiary/aromatic N) is 1. The van der Waals surface area contributed by atoms with E-state index < -0.39 is 23.1 Å². The second kappa shape index (κ2) is 5.36. The molecule has 1 atom stereocenters. The molecule has 0 aliphatic carbocycles. The van der Waals surface area contributed by atoms with Crippen LogP contribution in [0.2, 0.25) is 0 Å². The maximum Gasteiger partial charge on any atom is 0.254 e. The minimum Gasteiger partial charge on any atom is -0.388 e. The van der Waals surface area contributed by atoms with Gasteiger partial charge < -0.3 is 15.3 Å². The van der Waals surface area contributed by atoms with E-state index in [0.29, 0.717) is 19.5 Å². The fraction of sp³-hybridized carbons (Fsp3) is 0.500. The van der Waals surface area contributed by atoms with E-state index >= 15 is 0 Å². The highest BCUT2D eigenvalue weighted by Gasteiger charge is 2.34. The van der Waals surface area contributed by atoms with Crippen molar-refractivity contribution < 1.29 is 18.7 Å². The SMILES string of the molecule is CCNc1c(F)cc(C(=O)N2CCC(C)(O)C2)cc1F. The van der Waals surface area contributed by atoms with E-state index in [9.17, 15) is 18.7 Å². The first-order chi connectivity index (χ1) is 9.34. The van der Waals surface area contributed by atoms with Gasteiger partial charge in [0.15, 0.2) is 0 Å².